The van der Waals surface area contributed by atoms with Gasteiger partial charge in [0, 0.05) is 6.04 Å². The van der Waals surface area contributed by atoms with Gasteiger partial charge in [0.05, 0.1) is 12.7 Å². The van der Waals surface area contributed by atoms with Gasteiger partial charge in [0.2, 0.25) is 0 Å². The van der Waals surface area contributed by atoms with E-state index in [9.17, 15) is 14.7 Å². The van der Waals surface area contributed by atoms with Gasteiger partial charge in [-0.2, -0.15) is 0 Å². The van der Waals surface area contributed by atoms with E-state index >= 15 is 0 Å². The Hall–Kier alpha value is -2.12. The molecule has 138 valence electrons. The summed E-state index contributed by atoms with van der Waals surface area (Å²) in [5.74, 6) is -0.399. The average Bonchev–Trinajstić information content (AvgIpc) is 2.65. The molecule has 0 aliphatic heterocycles. The Labute approximate surface area is 147 Å². The summed E-state index contributed by atoms with van der Waals surface area (Å²) in [6.45, 7) is 0. The van der Waals surface area contributed by atoms with E-state index in [2.05, 4.69) is 10.9 Å². The van der Waals surface area contributed by atoms with E-state index in [4.69, 9.17) is 10.5 Å². The summed E-state index contributed by atoms with van der Waals surface area (Å²) in [6, 6.07) is 6.00. The Balaban J connectivity index is 1.82. The minimum absolute atomic E-state index is 0.284. The first kappa shape index (κ1) is 19.2. The Morgan fingerprint density at radius 2 is 1.92 bits per heavy atom. The van der Waals surface area contributed by atoms with Crippen LogP contribution in [-0.2, 0) is 4.79 Å². The number of para-hydroxylation sites is 1. The van der Waals surface area contributed by atoms with Crippen molar-refractivity contribution in [3.05, 3.63) is 29.8 Å². The van der Waals surface area contributed by atoms with E-state index in [0.717, 1.165) is 12.8 Å². The number of nitrogens with two attached hydrogens (primary N) is 1. The second-order valence-electron chi connectivity index (χ2n) is 6.49. The van der Waals surface area contributed by atoms with Crippen molar-refractivity contribution in [2.75, 3.05) is 7.11 Å². The maximum Gasteiger partial charge on any atom is 0.273 e. The van der Waals surface area contributed by atoms with Gasteiger partial charge in [0.1, 0.15) is 11.9 Å². The molecule has 1 aromatic carbocycles. The molecule has 1 saturated carbocycles. The molecule has 2 rings (SSSR count). The molecule has 5 N–H and O–H groups in total. The SMILES string of the molecule is COc1ccccc1C(=O)NNC(=O)C(O)[C@H](N)CC1CCCCC1. The number of benzene rings is 1. The van der Waals surface area contributed by atoms with Crippen molar-refractivity contribution in [2.24, 2.45) is 11.7 Å². The van der Waals surface area contributed by atoms with Crippen LogP contribution in [0.2, 0.25) is 0 Å². The predicted molar refractivity (Wildman–Crippen MR) is 93.8 cm³/mol. The van der Waals surface area contributed by atoms with Crippen LogP contribution < -0.4 is 21.3 Å². The van der Waals surface area contributed by atoms with Gasteiger partial charge in [0.25, 0.3) is 11.8 Å². The van der Waals surface area contributed by atoms with E-state index in [-0.39, 0.29) is 5.56 Å². The van der Waals surface area contributed by atoms with Crippen molar-refractivity contribution in [2.45, 2.75) is 50.7 Å². The van der Waals surface area contributed by atoms with Crippen molar-refractivity contribution in [1.82, 2.24) is 10.9 Å². The molecule has 0 saturated heterocycles. The van der Waals surface area contributed by atoms with Crippen molar-refractivity contribution in [3.8, 4) is 5.75 Å². The van der Waals surface area contributed by atoms with Gasteiger partial charge >= 0.3 is 0 Å². The molecule has 7 nitrogen and oxygen atoms in total. The summed E-state index contributed by atoms with van der Waals surface area (Å²) in [5, 5.41) is 10.1. The number of nitrogens with one attached hydrogen (secondary N) is 2. The third kappa shape index (κ3) is 5.44. The number of hydrazine groups is 1. The number of hydrogen-bond acceptors (Lipinski definition) is 5. The Morgan fingerprint density at radius 3 is 2.60 bits per heavy atom. The smallest absolute Gasteiger partial charge is 0.273 e. The molecule has 1 unspecified atom stereocenters. The lowest BCUT2D eigenvalue weighted by Crippen LogP contribution is -2.52. The molecular weight excluding hydrogens is 322 g/mol. The van der Waals surface area contributed by atoms with Crippen LogP contribution in [0.3, 0.4) is 0 Å². The number of aliphatic hydroxyl groups is 1. The van der Waals surface area contributed by atoms with E-state index in [1.807, 2.05) is 0 Å². The van der Waals surface area contributed by atoms with Crippen molar-refractivity contribution >= 4 is 11.8 Å². The van der Waals surface area contributed by atoms with Crippen molar-refractivity contribution in [3.63, 3.8) is 0 Å². The van der Waals surface area contributed by atoms with Gasteiger partial charge < -0.3 is 15.6 Å². The molecule has 0 bridgehead atoms. The topological polar surface area (TPSA) is 114 Å². The molecule has 25 heavy (non-hydrogen) atoms. The molecule has 1 aromatic rings. The molecule has 0 aromatic heterocycles. The van der Waals surface area contributed by atoms with Gasteiger partial charge in [-0.05, 0) is 24.5 Å². The zero-order valence-corrected chi connectivity index (χ0v) is 14.5. The molecule has 0 spiro atoms. The van der Waals surface area contributed by atoms with Crippen LogP contribution in [0.15, 0.2) is 24.3 Å². The van der Waals surface area contributed by atoms with Crippen LogP contribution in [0, 0.1) is 5.92 Å². The predicted octanol–water partition coefficient (Wildman–Crippen LogP) is 1.11. The summed E-state index contributed by atoms with van der Waals surface area (Å²) in [7, 11) is 1.46. The number of rotatable bonds is 6. The van der Waals surface area contributed by atoms with Crippen molar-refractivity contribution in [1.29, 1.82) is 0 Å². The molecule has 1 aliphatic carbocycles. The highest BCUT2D eigenvalue weighted by atomic mass is 16.5. The van der Waals surface area contributed by atoms with Gasteiger partial charge in [-0.25, -0.2) is 0 Å². The summed E-state index contributed by atoms with van der Waals surface area (Å²) >= 11 is 0. The Bertz CT molecular complexity index is 587. The minimum atomic E-state index is -1.36. The van der Waals surface area contributed by atoms with E-state index in [1.54, 1.807) is 24.3 Å². The monoisotopic (exact) mass is 349 g/mol. The van der Waals surface area contributed by atoms with Crippen LogP contribution >= 0.6 is 0 Å². The van der Waals surface area contributed by atoms with Crippen molar-refractivity contribution < 1.29 is 19.4 Å². The van der Waals surface area contributed by atoms with Crippen LogP contribution in [0.5, 0.6) is 5.75 Å². The summed E-state index contributed by atoms with van der Waals surface area (Å²) in [5.41, 5.74) is 10.8. The lowest BCUT2D eigenvalue weighted by Gasteiger charge is -2.26. The molecule has 7 heteroatoms. The average molecular weight is 349 g/mol. The normalized spacial score (nSPS) is 17.4. The first-order valence-electron chi connectivity index (χ1n) is 8.69. The van der Waals surface area contributed by atoms with E-state index < -0.39 is 24.0 Å². The fourth-order valence-corrected chi connectivity index (χ4v) is 3.22. The fraction of sp³-hybridized carbons (Fsp3) is 0.556. The Morgan fingerprint density at radius 1 is 1.24 bits per heavy atom. The summed E-state index contributed by atoms with van der Waals surface area (Å²) in [6.07, 6.45) is 5.02. The third-order valence-corrected chi connectivity index (χ3v) is 4.66. The maximum atomic E-state index is 12.1. The lowest BCUT2D eigenvalue weighted by atomic mass is 9.84. The lowest BCUT2D eigenvalue weighted by molar-refractivity contribution is -0.131. The zero-order chi connectivity index (χ0) is 18.2. The standard InChI is InChI=1S/C18H27N3O4/c1-25-15-10-6-5-9-13(15)17(23)20-21-18(24)16(22)14(19)11-12-7-3-2-4-8-12/h5-6,9-10,12,14,16,22H,2-4,7-8,11,19H2,1H3,(H,20,23)(H,21,24)/t14-,16?/m1/s1. The number of carbonyl (C=O) groups is 2. The number of hydrogen-bond donors (Lipinski definition) is 4. The van der Waals surface area contributed by atoms with Crippen LogP contribution in [0.4, 0.5) is 0 Å². The molecule has 0 heterocycles. The third-order valence-electron chi connectivity index (χ3n) is 4.66. The van der Waals surface area contributed by atoms with Crippen LogP contribution in [0.25, 0.3) is 0 Å². The molecule has 2 atom stereocenters. The van der Waals surface area contributed by atoms with Crippen LogP contribution in [0.1, 0.15) is 48.9 Å². The highest BCUT2D eigenvalue weighted by molar-refractivity contribution is 5.98. The maximum absolute atomic E-state index is 12.1. The molecular formula is C18H27N3O4. The highest BCUT2D eigenvalue weighted by Gasteiger charge is 2.27. The first-order chi connectivity index (χ1) is 12.0. The van der Waals surface area contributed by atoms with Gasteiger partial charge in [-0.3, -0.25) is 20.4 Å². The second kappa shape index (κ2) is 9.39. The van der Waals surface area contributed by atoms with Gasteiger partial charge in [-0.15, -0.1) is 0 Å². The van der Waals surface area contributed by atoms with Gasteiger partial charge in [0.15, 0.2) is 0 Å². The quantitative estimate of drug-likeness (QED) is 0.575. The first-order valence-corrected chi connectivity index (χ1v) is 8.69. The van der Waals surface area contributed by atoms with E-state index in [1.165, 1.54) is 26.4 Å². The largest absolute Gasteiger partial charge is 0.496 e. The van der Waals surface area contributed by atoms with Gasteiger partial charge in [-0.1, -0.05) is 44.2 Å². The Kier molecular flexibility index (Phi) is 7.21. The minimum Gasteiger partial charge on any atom is -0.496 e. The van der Waals surface area contributed by atoms with Crippen LogP contribution in [-0.4, -0.2) is 36.2 Å². The summed E-state index contributed by atoms with van der Waals surface area (Å²) in [4.78, 5) is 24.1. The molecule has 1 fully saturated rings. The number of carbonyl (C=O) groups excluding carboxylic acids is 2. The van der Waals surface area contributed by atoms with E-state index in [0.29, 0.717) is 18.1 Å². The number of amides is 2. The number of ether oxygens (including phenoxy) is 1. The molecule has 1 aliphatic rings. The molecule has 2 amide bonds. The second-order valence-corrected chi connectivity index (χ2v) is 6.49. The highest BCUT2D eigenvalue weighted by Crippen LogP contribution is 2.27. The molecule has 0 radical (unpaired) electrons. The number of aliphatic hydroxyl groups excluding tert-OH is 1. The fourth-order valence-electron chi connectivity index (χ4n) is 3.22. The summed E-state index contributed by atoms with van der Waals surface area (Å²) < 4.78 is 5.10. The number of methoxy groups -OCH3 is 1. The zero-order valence-electron chi connectivity index (χ0n) is 14.5.